The van der Waals surface area contributed by atoms with Gasteiger partial charge in [-0.15, -0.1) is 0 Å². The van der Waals surface area contributed by atoms with Gasteiger partial charge in [0.25, 0.3) is 0 Å². The summed E-state index contributed by atoms with van der Waals surface area (Å²) in [5.41, 5.74) is 0. The second kappa shape index (κ2) is 6.40. The number of nitrogens with one attached hydrogen (secondary N) is 1. The van der Waals surface area contributed by atoms with Crippen molar-refractivity contribution < 1.29 is 0 Å². The topological polar surface area (TPSA) is 37.8 Å². The molecule has 0 fully saturated rings. The normalized spacial score (nSPS) is 14.6. The molecule has 0 aliphatic heterocycles. The second-order valence-electron chi connectivity index (χ2n) is 4.13. The Labute approximate surface area is 110 Å². The molecule has 0 bridgehead atoms. The van der Waals surface area contributed by atoms with Crippen molar-refractivity contribution in [2.24, 2.45) is 5.92 Å². The average molecular weight is 307 g/mol. The Morgan fingerprint density at radius 3 is 2.81 bits per heavy atom. The van der Waals surface area contributed by atoms with Crippen molar-refractivity contribution in [3.05, 3.63) is 16.0 Å². The molecule has 0 amide bonds. The van der Waals surface area contributed by atoms with E-state index >= 15 is 0 Å². The van der Waals surface area contributed by atoms with Gasteiger partial charge in [-0.3, -0.25) is 0 Å². The van der Waals surface area contributed by atoms with Gasteiger partial charge in [0.2, 0.25) is 5.28 Å². The molecular weight excluding hydrogens is 289 g/mol. The van der Waals surface area contributed by atoms with E-state index in [1.54, 1.807) is 6.20 Å². The summed E-state index contributed by atoms with van der Waals surface area (Å²) in [5.74, 6) is 1.47. The lowest BCUT2D eigenvalue weighted by Crippen LogP contribution is -2.19. The van der Waals surface area contributed by atoms with E-state index in [4.69, 9.17) is 11.6 Å². The van der Waals surface area contributed by atoms with Crippen molar-refractivity contribution in [2.45, 2.75) is 39.7 Å². The predicted octanol–water partition coefficient (Wildman–Crippen LogP) is 4.13. The first-order chi connectivity index (χ1) is 7.52. The van der Waals surface area contributed by atoms with Crippen molar-refractivity contribution in [3.63, 3.8) is 0 Å². The van der Waals surface area contributed by atoms with Crippen LogP contribution in [0.5, 0.6) is 0 Å². The number of hydrogen-bond acceptors (Lipinski definition) is 3. The zero-order valence-electron chi connectivity index (χ0n) is 9.80. The van der Waals surface area contributed by atoms with E-state index in [9.17, 15) is 0 Å². The maximum absolute atomic E-state index is 5.75. The van der Waals surface area contributed by atoms with Gasteiger partial charge in [0.1, 0.15) is 5.82 Å². The number of rotatable bonds is 5. The minimum absolute atomic E-state index is 0.265. The van der Waals surface area contributed by atoms with Gasteiger partial charge in [0, 0.05) is 12.2 Å². The van der Waals surface area contributed by atoms with Crippen LogP contribution in [0.15, 0.2) is 10.7 Å². The summed E-state index contributed by atoms with van der Waals surface area (Å²) < 4.78 is 0.841. The van der Waals surface area contributed by atoms with E-state index in [1.807, 2.05) is 0 Å². The summed E-state index contributed by atoms with van der Waals surface area (Å²) in [7, 11) is 0. The Bertz CT molecular complexity index is 346. The maximum atomic E-state index is 5.75. The average Bonchev–Trinajstić information content (AvgIpc) is 2.23. The molecule has 2 atom stereocenters. The number of nitrogens with zero attached hydrogens (tertiary/aromatic N) is 2. The Balaban J connectivity index is 2.61. The fraction of sp³-hybridized carbons (Fsp3) is 0.636. The third-order valence-electron chi connectivity index (χ3n) is 2.55. The molecule has 5 heteroatoms. The van der Waals surface area contributed by atoms with E-state index < -0.39 is 0 Å². The maximum Gasteiger partial charge on any atom is 0.224 e. The van der Waals surface area contributed by atoms with Crippen LogP contribution in [-0.2, 0) is 0 Å². The molecule has 0 aliphatic carbocycles. The first kappa shape index (κ1) is 13.7. The largest absolute Gasteiger partial charge is 0.367 e. The van der Waals surface area contributed by atoms with Crippen LogP contribution in [0, 0.1) is 5.92 Å². The predicted molar refractivity (Wildman–Crippen MR) is 71.9 cm³/mol. The van der Waals surface area contributed by atoms with Crippen LogP contribution in [0.4, 0.5) is 5.82 Å². The van der Waals surface area contributed by atoms with Crippen LogP contribution in [0.1, 0.15) is 33.6 Å². The standard InChI is InChI=1S/C11H17BrClN3/c1-4-7(2)5-8(3)15-10-9(12)6-14-11(13)16-10/h6-8H,4-5H2,1-3H3,(H,14,15,16). The fourth-order valence-corrected chi connectivity index (χ4v) is 1.95. The van der Waals surface area contributed by atoms with Crippen LogP contribution < -0.4 is 5.32 Å². The molecule has 1 aromatic heterocycles. The lowest BCUT2D eigenvalue weighted by atomic mass is 10.0. The molecule has 0 saturated heterocycles. The molecule has 0 aromatic carbocycles. The van der Waals surface area contributed by atoms with Crippen LogP contribution in [-0.4, -0.2) is 16.0 Å². The van der Waals surface area contributed by atoms with Gasteiger partial charge in [-0.25, -0.2) is 4.98 Å². The van der Waals surface area contributed by atoms with Crippen molar-refractivity contribution in [2.75, 3.05) is 5.32 Å². The first-order valence-corrected chi connectivity index (χ1v) is 6.64. The summed E-state index contributed by atoms with van der Waals surface area (Å²) in [4.78, 5) is 8.03. The Kier molecular flexibility index (Phi) is 5.49. The van der Waals surface area contributed by atoms with Crippen molar-refractivity contribution in [1.29, 1.82) is 0 Å². The van der Waals surface area contributed by atoms with Gasteiger partial charge in [-0.1, -0.05) is 20.3 Å². The third kappa shape index (κ3) is 4.26. The number of halogens is 2. The molecule has 1 rings (SSSR count). The third-order valence-corrected chi connectivity index (χ3v) is 3.31. The monoisotopic (exact) mass is 305 g/mol. The van der Waals surface area contributed by atoms with Gasteiger partial charge in [-0.05, 0) is 46.8 Å². The molecule has 16 heavy (non-hydrogen) atoms. The number of anilines is 1. The highest BCUT2D eigenvalue weighted by Crippen LogP contribution is 2.22. The van der Waals surface area contributed by atoms with Crippen LogP contribution in [0.3, 0.4) is 0 Å². The van der Waals surface area contributed by atoms with Crippen molar-refractivity contribution >= 4 is 33.3 Å². The lowest BCUT2D eigenvalue weighted by molar-refractivity contribution is 0.483. The lowest BCUT2D eigenvalue weighted by Gasteiger charge is -2.18. The minimum Gasteiger partial charge on any atom is -0.367 e. The molecule has 0 aliphatic rings. The first-order valence-electron chi connectivity index (χ1n) is 5.47. The van der Waals surface area contributed by atoms with E-state index in [0.29, 0.717) is 12.0 Å². The van der Waals surface area contributed by atoms with E-state index in [0.717, 1.165) is 16.7 Å². The summed E-state index contributed by atoms with van der Waals surface area (Å²) >= 11 is 9.15. The van der Waals surface area contributed by atoms with Crippen LogP contribution in [0.2, 0.25) is 5.28 Å². The second-order valence-corrected chi connectivity index (χ2v) is 5.32. The summed E-state index contributed by atoms with van der Waals surface area (Å²) in [6.45, 7) is 6.60. The van der Waals surface area contributed by atoms with Gasteiger partial charge < -0.3 is 5.32 Å². The van der Waals surface area contributed by atoms with Crippen molar-refractivity contribution in [3.8, 4) is 0 Å². The molecule has 0 saturated carbocycles. The number of aromatic nitrogens is 2. The minimum atomic E-state index is 0.265. The van der Waals surface area contributed by atoms with Gasteiger partial charge in [0.15, 0.2) is 0 Å². The Morgan fingerprint density at radius 1 is 1.50 bits per heavy atom. The molecule has 90 valence electrons. The van der Waals surface area contributed by atoms with E-state index in [-0.39, 0.29) is 5.28 Å². The molecule has 2 unspecified atom stereocenters. The Morgan fingerprint density at radius 2 is 2.19 bits per heavy atom. The SMILES string of the molecule is CCC(C)CC(C)Nc1nc(Cl)ncc1Br. The summed E-state index contributed by atoms with van der Waals surface area (Å²) in [5, 5.41) is 3.60. The molecule has 1 N–H and O–H groups in total. The highest BCUT2D eigenvalue weighted by atomic mass is 79.9. The zero-order chi connectivity index (χ0) is 12.1. The quantitative estimate of drug-likeness (QED) is 0.831. The van der Waals surface area contributed by atoms with E-state index in [2.05, 4.69) is 52.0 Å². The summed E-state index contributed by atoms with van der Waals surface area (Å²) in [6, 6.07) is 0.372. The molecular formula is C11H17BrClN3. The molecule has 3 nitrogen and oxygen atoms in total. The Hall–Kier alpha value is -0.350. The smallest absolute Gasteiger partial charge is 0.224 e. The van der Waals surface area contributed by atoms with Gasteiger partial charge in [-0.2, -0.15) is 4.98 Å². The van der Waals surface area contributed by atoms with Crippen LogP contribution in [0.25, 0.3) is 0 Å². The molecule has 1 aromatic rings. The highest BCUT2D eigenvalue weighted by Gasteiger charge is 2.10. The van der Waals surface area contributed by atoms with Gasteiger partial charge >= 0.3 is 0 Å². The molecule has 0 spiro atoms. The van der Waals surface area contributed by atoms with Crippen molar-refractivity contribution in [1.82, 2.24) is 9.97 Å². The van der Waals surface area contributed by atoms with Crippen LogP contribution >= 0.6 is 27.5 Å². The molecule has 0 radical (unpaired) electrons. The zero-order valence-corrected chi connectivity index (χ0v) is 12.1. The summed E-state index contributed by atoms with van der Waals surface area (Å²) in [6.07, 6.45) is 3.97. The molecule has 1 heterocycles. The fourth-order valence-electron chi connectivity index (χ4n) is 1.51. The highest BCUT2D eigenvalue weighted by molar-refractivity contribution is 9.10. The number of hydrogen-bond donors (Lipinski definition) is 1. The van der Waals surface area contributed by atoms with E-state index in [1.165, 1.54) is 6.42 Å². The van der Waals surface area contributed by atoms with Gasteiger partial charge in [0.05, 0.1) is 4.47 Å².